The minimum Gasteiger partial charge on any atom is -0.369 e. The van der Waals surface area contributed by atoms with Crippen molar-refractivity contribution in [2.45, 2.75) is 18.3 Å². The molecule has 1 saturated heterocycles. The molecule has 1 unspecified atom stereocenters. The van der Waals surface area contributed by atoms with Crippen LogP contribution in [0.25, 0.3) is 0 Å². The molecule has 0 radical (unpaired) electrons. The van der Waals surface area contributed by atoms with Crippen molar-refractivity contribution in [3.63, 3.8) is 0 Å². The van der Waals surface area contributed by atoms with Gasteiger partial charge in [0.05, 0.1) is 6.54 Å². The van der Waals surface area contributed by atoms with Crippen LogP contribution >= 0.6 is 0 Å². The summed E-state index contributed by atoms with van der Waals surface area (Å²) in [5.41, 5.74) is 5.44. The van der Waals surface area contributed by atoms with E-state index in [-0.39, 0.29) is 5.41 Å². The molecule has 1 fully saturated rings. The van der Waals surface area contributed by atoms with Gasteiger partial charge in [-0.3, -0.25) is 9.89 Å². The van der Waals surface area contributed by atoms with E-state index in [1.165, 1.54) is 28.8 Å². The maximum absolute atomic E-state index is 4.81. The number of nitrogens with zero attached hydrogens (tertiary/aromatic N) is 3. The van der Waals surface area contributed by atoms with Gasteiger partial charge in [0, 0.05) is 43.5 Å². The summed E-state index contributed by atoms with van der Waals surface area (Å²) < 4.78 is 0. The Kier molecular flexibility index (Phi) is 5.86. The van der Waals surface area contributed by atoms with Crippen molar-refractivity contribution in [2.75, 3.05) is 44.2 Å². The lowest BCUT2D eigenvalue weighted by Crippen LogP contribution is -2.47. The average Bonchev–Trinajstić information content (AvgIpc) is 2.86. The molecule has 3 nitrogen and oxygen atoms in total. The molecule has 3 aromatic carbocycles. The SMILES string of the molecule is C1=NCC(CCCN2CCN(c3ccccc3)CC2)(c2ccccc2)c2ccccc21. The summed E-state index contributed by atoms with van der Waals surface area (Å²) in [6, 6.07) is 30.7. The summed E-state index contributed by atoms with van der Waals surface area (Å²) in [6.45, 7) is 6.50. The summed E-state index contributed by atoms with van der Waals surface area (Å²) in [7, 11) is 0. The molecular weight excluding hydrogens is 378 g/mol. The van der Waals surface area contributed by atoms with Crippen LogP contribution in [0.5, 0.6) is 0 Å². The highest BCUT2D eigenvalue weighted by Gasteiger charge is 2.37. The Morgan fingerprint density at radius 2 is 1.42 bits per heavy atom. The lowest BCUT2D eigenvalue weighted by molar-refractivity contribution is 0.245. The number of benzene rings is 3. The van der Waals surface area contributed by atoms with Gasteiger partial charge < -0.3 is 4.90 Å². The predicted octanol–water partition coefficient (Wildman–Crippen LogP) is 5.01. The van der Waals surface area contributed by atoms with Crippen molar-refractivity contribution in [2.24, 2.45) is 4.99 Å². The summed E-state index contributed by atoms with van der Waals surface area (Å²) in [5, 5.41) is 0. The summed E-state index contributed by atoms with van der Waals surface area (Å²) in [4.78, 5) is 9.96. The van der Waals surface area contributed by atoms with Gasteiger partial charge in [-0.2, -0.15) is 0 Å². The Morgan fingerprint density at radius 1 is 0.742 bits per heavy atom. The van der Waals surface area contributed by atoms with Gasteiger partial charge in [-0.15, -0.1) is 0 Å². The summed E-state index contributed by atoms with van der Waals surface area (Å²) in [5.74, 6) is 0. The van der Waals surface area contributed by atoms with E-state index in [0.29, 0.717) is 0 Å². The van der Waals surface area contributed by atoms with Crippen molar-refractivity contribution < 1.29 is 0 Å². The monoisotopic (exact) mass is 409 g/mol. The highest BCUT2D eigenvalue weighted by atomic mass is 15.3. The second-order valence-electron chi connectivity index (χ2n) is 8.77. The van der Waals surface area contributed by atoms with Crippen LogP contribution in [0, 0.1) is 0 Å². The molecule has 5 rings (SSSR count). The lowest BCUT2D eigenvalue weighted by Gasteiger charge is -2.39. The number of rotatable bonds is 6. The maximum Gasteiger partial charge on any atom is 0.0527 e. The molecular formula is C28H31N3. The largest absolute Gasteiger partial charge is 0.369 e. The molecule has 31 heavy (non-hydrogen) atoms. The van der Waals surface area contributed by atoms with Gasteiger partial charge >= 0.3 is 0 Å². The molecule has 1 atom stereocenters. The van der Waals surface area contributed by atoms with Crippen LogP contribution in [-0.4, -0.2) is 50.4 Å². The van der Waals surface area contributed by atoms with Crippen LogP contribution in [0.3, 0.4) is 0 Å². The topological polar surface area (TPSA) is 18.8 Å². The molecule has 0 spiro atoms. The van der Waals surface area contributed by atoms with Crippen molar-refractivity contribution in [1.82, 2.24) is 4.90 Å². The smallest absolute Gasteiger partial charge is 0.0527 e. The fourth-order valence-corrected chi connectivity index (χ4v) is 5.27. The Labute approximate surface area is 186 Å². The molecule has 0 amide bonds. The van der Waals surface area contributed by atoms with E-state index in [2.05, 4.69) is 101 Å². The zero-order chi connectivity index (χ0) is 20.9. The summed E-state index contributed by atoms with van der Waals surface area (Å²) >= 11 is 0. The lowest BCUT2D eigenvalue weighted by atomic mass is 9.69. The standard InChI is InChI=1S/C28H31N3/c1-3-11-25(12-4-1)28(23-29-22-24-10-7-8-15-27(24)28)16-9-17-30-18-20-31(21-19-30)26-13-5-2-6-14-26/h1-8,10-15,22H,9,16-21,23H2. The first kappa shape index (κ1) is 20.0. The molecule has 0 aliphatic carbocycles. The van der Waals surface area contributed by atoms with Gasteiger partial charge in [0.1, 0.15) is 0 Å². The minimum atomic E-state index is -0.0154. The molecule has 2 aliphatic rings. The second kappa shape index (κ2) is 9.07. The quantitative estimate of drug-likeness (QED) is 0.570. The van der Waals surface area contributed by atoms with Crippen LogP contribution in [0.4, 0.5) is 5.69 Å². The molecule has 0 saturated carbocycles. The fourth-order valence-electron chi connectivity index (χ4n) is 5.27. The van der Waals surface area contributed by atoms with Crippen LogP contribution < -0.4 is 4.90 Å². The van der Waals surface area contributed by atoms with Gasteiger partial charge in [-0.1, -0.05) is 72.8 Å². The van der Waals surface area contributed by atoms with E-state index >= 15 is 0 Å². The van der Waals surface area contributed by atoms with E-state index in [9.17, 15) is 0 Å². The van der Waals surface area contributed by atoms with Crippen molar-refractivity contribution >= 4 is 11.9 Å². The highest BCUT2D eigenvalue weighted by Crippen LogP contribution is 2.40. The molecule has 2 heterocycles. The van der Waals surface area contributed by atoms with E-state index in [1.54, 1.807) is 0 Å². The van der Waals surface area contributed by atoms with Gasteiger partial charge in [0.15, 0.2) is 0 Å². The zero-order valence-corrected chi connectivity index (χ0v) is 18.2. The zero-order valence-electron chi connectivity index (χ0n) is 18.2. The Hall–Kier alpha value is -2.91. The van der Waals surface area contributed by atoms with E-state index < -0.39 is 0 Å². The third-order valence-electron chi connectivity index (χ3n) is 6.97. The first-order valence-electron chi connectivity index (χ1n) is 11.5. The number of para-hydroxylation sites is 1. The Morgan fingerprint density at radius 3 is 2.19 bits per heavy atom. The number of fused-ring (bicyclic) bond motifs is 1. The van der Waals surface area contributed by atoms with Crippen LogP contribution in [0.15, 0.2) is 89.9 Å². The number of hydrogen-bond acceptors (Lipinski definition) is 3. The molecule has 0 N–H and O–H groups in total. The molecule has 0 aromatic heterocycles. The predicted molar refractivity (Wildman–Crippen MR) is 130 cm³/mol. The van der Waals surface area contributed by atoms with Crippen LogP contribution in [-0.2, 0) is 5.41 Å². The average molecular weight is 410 g/mol. The van der Waals surface area contributed by atoms with Crippen molar-refractivity contribution in [1.29, 1.82) is 0 Å². The Bertz CT molecular complexity index is 1010. The third-order valence-corrected chi connectivity index (χ3v) is 6.97. The summed E-state index contributed by atoms with van der Waals surface area (Å²) in [6.07, 6.45) is 4.37. The number of aliphatic imine (C=N–C) groups is 1. The minimum absolute atomic E-state index is 0.0154. The maximum atomic E-state index is 4.81. The fraction of sp³-hybridized carbons (Fsp3) is 0.321. The number of anilines is 1. The Balaban J connectivity index is 1.26. The van der Waals surface area contributed by atoms with E-state index in [0.717, 1.165) is 45.7 Å². The third kappa shape index (κ3) is 4.15. The van der Waals surface area contributed by atoms with Gasteiger partial charge in [-0.05, 0) is 48.2 Å². The van der Waals surface area contributed by atoms with E-state index in [1.807, 2.05) is 0 Å². The number of piperazine rings is 1. The number of hydrogen-bond donors (Lipinski definition) is 0. The van der Waals surface area contributed by atoms with Crippen molar-refractivity contribution in [3.8, 4) is 0 Å². The molecule has 0 bridgehead atoms. The van der Waals surface area contributed by atoms with Crippen LogP contribution in [0.1, 0.15) is 29.5 Å². The van der Waals surface area contributed by atoms with Gasteiger partial charge in [0.25, 0.3) is 0 Å². The van der Waals surface area contributed by atoms with Gasteiger partial charge in [-0.25, -0.2) is 0 Å². The first-order chi connectivity index (χ1) is 15.4. The van der Waals surface area contributed by atoms with Gasteiger partial charge in [0.2, 0.25) is 0 Å². The van der Waals surface area contributed by atoms with Crippen LogP contribution in [0.2, 0.25) is 0 Å². The van der Waals surface area contributed by atoms with Crippen molar-refractivity contribution in [3.05, 3.63) is 102 Å². The normalized spacial score (nSPS) is 21.1. The molecule has 158 valence electrons. The second-order valence-corrected chi connectivity index (χ2v) is 8.77. The molecule has 2 aliphatic heterocycles. The molecule has 3 heteroatoms. The molecule has 3 aromatic rings. The van der Waals surface area contributed by atoms with E-state index in [4.69, 9.17) is 4.99 Å². The first-order valence-corrected chi connectivity index (χ1v) is 11.5. The highest BCUT2D eigenvalue weighted by molar-refractivity contribution is 5.84.